The number of aromatic nitrogens is 4. The Morgan fingerprint density at radius 1 is 1.56 bits per heavy atom. The van der Waals surface area contributed by atoms with Crippen LogP contribution in [-0.4, -0.2) is 36.6 Å². The molecule has 0 aliphatic heterocycles. The standard InChI is InChI=1S/C10H10N4O3S/c1-6-2-3-7(4-11-6)14-9(17)12-13-10(14)18-5-8(15)16/h2-4H,5H2,1H3,(H,12,17)(H,15,16). The van der Waals surface area contributed by atoms with E-state index in [4.69, 9.17) is 5.11 Å². The van der Waals surface area contributed by atoms with E-state index in [0.717, 1.165) is 17.5 Å². The van der Waals surface area contributed by atoms with Crippen molar-refractivity contribution in [1.29, 1.82) is 0 Å². The summed E-state index contributed by atoms with van der Waals surface area (Å²) in [6.45, 7) is 1.84. The Labute approximate surface area is 106 Å². The van der Waals surface area contributed by atoms with Gasteiger partial charge in [-0.3, -0.25) is 9.78 Å². The molecule has 2 rings (SSSR count). The van der Waals surface area contributed by atoms with Gasteiger partial charge in [-0.1, -0.05) is 11.8 Å². The average molecular weight is 266 g/mol. The van der Waals surface area contributed by atoms with E-state index in [-0.39, 0.29) is 5.75 Å². The second-order valence-corrected chi connectivity index (χ2v) is 4.43. The summed E-state index contributed by atoms with van der Waals surface area (Å²) in [6, 6.07) is 3.49. The molecule has 0 aliphatic rings. The van der Waals surface area contributed by atoms with E-state index in [1.807, 2.05) is 6.92 Å². The first-order chi connectivity index (χ1) is 8.58. The highest BCUT2D eigenvalue weighted by atomic mass is 32.2. The van der Waals surface area contributed by atoms with Crippen molar-refractivity contribution >= 4 is 17.7 Å². The molecule has 0 unspecified atom stereocenters. The van der Waals surface area contributed by atoms with E-state index in [9.17, 15) is 9.59 Å². The molecule has 2 heterocycles. The molecule has 0 atom stereocenters. The lowest BCUT2D eigenvalue weighted by Gasteiger charge is -2.03. The van der Waals surface area contributed by atoms with E-state index in [0.29, 0.717) is 10.8 Å². The number of carbonyl (C=O) groups is 1. The quantitative estimate of drug-likeness (QED) is 0.779. The minimum Gasteiger partial charge on any atom is -0.481 e. The number of pyridine rings is 1. The summed E-state index contributed by atoms with van der Waals surface area (Å²) in [6.07, 6.45) is 1.54. The molecule has 0 saturated heterocycles. The summed E-state index contributed by atoms with van der Waals surface area (Å²) < 4.78 is 1.29. The predicted octanol–water partition coefficient (Wildman–Crippen LogP) is 0.441. The van der Waals surface area contributed by atoms with Gasteiger partial charge in [0.15, 0.2) is 5.16 Å². The molecule has 2 N–H and O–H groups in total. The normalized spacial score (nSPS) is 10.5. The Balaban J connectivity index is 2.37. The van der Waals surface area contributed by atoms with Crippen LogP contribution in [-0.2, 0) is 4.79 Å². The topological polar surface area (TPSA) is 101 Å². The molecule has 0 aliphatic carbocycles. The fourth-order valence-electron chi connectivity index (χ4n) is 1.33. The number of hydrogen-bond acceptors (Lipinski definition) is 5. The number of nitrogens with zero attached hydrogens (tertiary/aromatic N) is 3. The van der Waals surface area contributed by atoms with E-state index in [2.05, 4.69) is 15.2 Å². The van der Waals surface area contributed by atoms with Crippen molar-refractivity contribution in [2.75, 3.05) is 5.75 Å². The third-order valence-electron chi connectivity index (χ3n) is 2.12. The van der Waals surface area contributed by atoms with Crippen LogP contribution in [0, 0.1) is 6.92 Å². The van der Waals surface area contributed by atoms with Crippen molar-refractivity contribution in [1.82, 2.24) is 19.7 Å². The monoisotopic (exact) mass is 266 g/mol. The third kappa shape index (κ3) is 2.59. The van der Waals surface area contributed by atoms with Gasteiger partial charge in [0.2, 0.25) is 0 Å². The van der Waals surface area contributed by atoms with Crippen LogP contribution in [0.2, 0.25) is 0 Å². The van der Waals surface area contributed by atoms with Crippen LogP contribution in [0.1, 0.15) is 5.69 Å². The molecule has 94 valence electrons. The van der Waals surface area contributed by atoms with Crippen molar-refractivity contribution < 1.29 is 9.90 Å². The van der Waals surface area contributed by atoms with Crippen molar-refractivity contribution in [3.8, 4) is 5.69 Å². The van der Waals surface area contributed by atoms with E-state index >= 15 is 0 Å². The van der Waals surface area contributed by atoms with E-state index in [1.54, 1.807) is 12.1 Å². The highest BCUT2D eigenvalue weighted by Gasteiger charge is 2.12. The number of thioether (sulfide) groups is 1. The number of aryl methyl sites for hydroxylation is 1. The lowest BCUT2D eigenvalue weighted by atomic mass is 10.3. The van der Waals surface area contributed by atoms with Crippen molar-refractivity contribution in [3.05, 3.63) is 34.5 Å². The van der Waals surface area contributed by atoms with Gasteiger partial charge in [0.1, 0.15) is 0 Å². The summed E-state index contributed by atoms with van der Waals surface area (Å²) in [4.78, 5) is 26.2. The smallest absolute Gasteiger partial charge is 0.348 e. The largest absolute Gasteiger partial charge is 0.481 e. The van der Waals surface area contributed by atoms with Crippen LogP contribution < -0.4 is 5.69 Å². The first-order valence-electron chi connectivity index (χ1n) is 5.03. The fourth-order valence-corrected chi connectivity index (χ4v) is 2.01. The van der Waals surface area contributed by atoms with Gasteiger partial charge in [-0.25, -0.2) is 14.5 Å². The zero-order valence-corrected chi connectivity index (χ0v) is 10.3. The maximum atomic E-state index is 11.6. The minimum atomic E-state index is -0.968. The van der Waals surface area contributed by atoms with Crippen LogP contribution >= 0.6 is 11.8 Å². The maximum Gasteiger partial charge on any atom is 0.348 e. The summed E-state index contributed by atoms with van der Waals surface area (Å²) in [5.41, 5.74) is 0.954. The first-order valence-corrected chi connectivity index (χ1v) is 6.01. The molecule has 0 bridgehead atoms. The lowest BCUT2D eigenvalue weighted by Crippen LogP contribution is -2.16. The van der Waals surface area contributed by atoms with Crippen LogP contribution in [0.25, 0.3) is 5.69 Å². The van der Waals surface area contributed by atoms with Crippen LogP contribution in [0.15, 0.2) is 28.3 Å². The fraction of sp³-hybridized carbons (Fsp3) is 0.200. The zero-order valence-electron chi connectivity index (χ0n) is 9.45. The first kappa shape index (κ1) is 12.4. The van der Waals surface area contributed by atoms with Crippen molar-refractivity contribution in [2.45, 2.75) is 12.1 Å². The predicted molar refractivity (Wildman–Crippen MR) is 65.1 cm³/mol. The molecule has 0 amide bonds. The van der Waals surface area contributed by atoms with Gasteiger partial charge in [-0.05, 0) is 19.1 Å². The summed E-state index contributed by atoms with van der Waals surface area (Å²) in [7, 11) is 0. The van der Waals surface area contributed by atoms with Gasteiger partial charge in [-0.2, -0.15) is 0 Å². The number of nitrogens with one attached hydrogen (secondary N) is 1. The SMILES string of the molecule is Cc1ccc(-n2c(SCC(=O)O)n[nH]c2=O)cn1. The number of aliphatic carboxylic acids is 1. The second kappa shape index (κ2) is 5.05. The summed E-state index contributed by atoms with van der Waals surface area (Å²) in [5.74, 6) is -1.13. The van der Waals surface area contributed by atoms with Gasteiger partial charge in [0.25, 0.3) is 0 Å². The second-order valence-electron chi connectivity index (χ2n) is 3.49. The number of carboxylic acids is 1. The highest BCUT2D eigenvalue weighted by molar-refractivity contribution is 7.99. The molecule has 7 nitrogen and oxygen atoms in total. The van der Waals surface area contributed by atoms with Gasteiger partial charge in [0.05, 0.1) is 17.6 Å². The molecular formula is C10H10N4O3S. The number of aromatic amines is 1. The Morgan fingerprint density at radius 2 is 2.33 bits per heavy atom. The Morgan fingerprint density at radius 3 is 2.94 bits per heavy atom. The molecule has 0 saturated carbocycles. The van der Waals surface area contributed by atoms with Crippen LogP contribution in [0.3, 0.4) is 0 Å². The van der Waals surface area contributed by atoms with Gasteiger partial charge < -0.3 is 5.11 Å². The maximum absolute atomic E-state index is 11.6. The Kier molecular flexibility index (Phi) is 3.47. The summed E-state index contributed by atoms with van der Waals surface area (Å²) >= 11 is 0.968. The van der Waals surface area contributed by atoms with E-state index < -0.39 is 11.7 Å². The number of H-pyrrole nitrogens is 1. The van der Waals surface area contributed by atoms with Crippen molar-refractivity contribution in [3.63, 3.8) is 0 Å². The van der Waals surface area contributed by atoms with Gasteiger partial charge >= 0.3 is 11.7 Å². The van der Waals surface area contributed by atoms with Gasteiger partial charge in [-0.15, -0.1) is 5.10 Å². The lowest BCUT2D eigenvalue weighted by molar-refractivity contribution is -0.133. The number of carboxylic acid groups (broad SMARTS) is 1. The minimum absolute atomic E-state index is 0.163. The van der Waals surface area contributed by atoms with Crippen LogP contribution in [0.5, 0.6) is 0 Å². The molecule has 0 spiro atoms. The Bertz CT molecular complexity index is 617. The molecule has 18 heavy (non-hydrogen) atoms. The molecule has 2 aromatic rings. The Hall–Kier alpha value is -2.09. The molecule has 0 aromatic carbocycles. The van der Waals surface area contributed by atoms with Gasteiger partial charge in [0, 0.05) is 5.69 Å². The third-order valence-corrected chi connectivity index (χ3v) is 3.04. The average Bonchev–Trinajstić information content (AvgIpc) is 2.69. The molecule has 2 aromatic heterocycles. The van der Waals surface area contributed by atoms with Crippen LogP contribution in [0.4, 0.5) is 0 Å². The molecule has 0 fully saturated rings. The number of hydrogen-bond donors (Lipinski definition) is 2. The zero-order chi connectivity index (χ0) is 13.1. The summed E-state index contributed by atoms with van der Waals surface area (Å²) in [5, 5.41) is 15.0. The molecular weight excluding hydrogens is 256 g/mol. The number of rotatable bonds is 4. The molecule has 0 radical (unpaired) electrons. The molecule has 8 heteroatoms. The van der Waals surface area contributed by atoms with E-state index in [1.165, 1.54) is 10.8 Å². The highest BCUT2D eigenvalue weighted by Crippen LogP contribution is 2.16. The van der Waals surface area contributed by atoms with Crippen molar-refractivity contribution in [2.24, 2.45) is 0 Å².